The number of hydrogen-bond donors (Lipinski definition) is 0. The minimum absolute atomic E-state index is 0.880. The number of allylic oxidation sites excluding steroid dienone is 1. The highest BCUT2D eigenvalue weighted by Gasteiger charge is 1.99. The highest BCUT2D eigenvalue weighted by molar-refractivity contribution is 5.73. The Morgan fingerprint density at radius 2 is 2.45 bits per heavy atom. The van der Waals surface area contributed by atoms with E-state index < -0.39 is 0 Å². The van der Waals surface area contributed by atoms with Crippen LogP contribution >= 0.6 is 0 Å². The Morgan fingerprint density at radius 3 is 2.91 bits per heavy atom. The Balaban J connectivity index is 3.00. The number of aromatic nitrogens is 2. The van der Waals surface area contributed by atoms with Gasteiger partial charge in [0.05, 0.1) is 12.0 Å². The lowest BCUT2D eigenvalue weighted by Crippen LogP contribution is -1.83. The van der Waals surface area contributed by atoms with Crippen molar-refractivity contribution < 1.29 is 0 Å². The normalized spacial score (nSPS) is 10.7. The molecule has 0 fully saturated rings. The van der Waals surface area contributed by atoms with Crippen molar-refractivity contribution >= 4 is 12.0 Å². The maximum absolute atomic E-state index is 4.14. The molecule has 0 atom stereocenters. The van der Waals surface area contributed by atoms with Crippen LogP contribution in [0.4, 0.5) is 5.82 Å². The van der Waals surface area contributed by atoms with Gasteiger partial charge in [-0.2, -0.15) is 0 Å². The van der Waals surface area contributed by atoms with Gasteiger partial charge in [0, 0.05) is 13.3 Å². The van der Waals surface area contributed by atoms with Crippen molar-refractivity contribution in [1.82, 2.24) is 9.55 Å². The number of aliphatic imine (C=N–C) groups is 1. The van der Waals surface area contributed by atoms with Crippen molar-refractivity contribution in [3.8, 4) is 0 Å². The molecule has 58 valence electrons. The monoisotopic (exact) mass is 149 g/mol. The van der Waals surface area contributed by atoms with Crippen LogP contribution in [-0.4, -0.2) is 15.8 Å². The molecule has 3 heteroatoms. The summed E-state index contributed by atoms with van der Waals surface area (Å²) in [5.74, 6) is 0.880. The molecular formula is C8H11N3. The molecule has 1 aromatic heterocycles. The summed E-state index contributed by atoms with van der Waals surface area (Å²) in [5.41, 5.74) is 0.936. The van der Waals surface area contributed by atoms with E-state index in [0.717, 1.165) is 11.5 Å². The van der Waals surface area contributed by atoms with E-state index in [4.69, 9.17) is 0 Å². The molecule has 0 aliphatic rings. The van der Waals surface area contributed by atoms with Crippen LogP contribution in [0.15, 0.2) is 24.0 Å². The van der Waals surface area contributed by atoms with E-state index >= 15 is 0 Å². The van der Waals surface area contributed by atoms with Gasteiger partial charge in [0.1, 0.15) is 0 Å². The van der Waals surface area contributed by atoms with Gasteiger partial charge in [-0.3, -0.25) is 0 Å². The Labute approximate surface area is 66.1 Å². The van der Waals surface area contributed by atoms with E-state index in [0.29, 0.717) is 0 Å². The fourth-order valence-electron chi connectivity index (χ4n) is 0.849. The second-order valence-corrected chi connectivity index (χ2v) is 2.28. The standard InChI is InChI=1S/C8H11N3/c1-4-5-9-8-7(2)10-6-11(8)3/h4-6H,1H2,2-3H3/b9-5-. The first-order valence-corrected chi connectivity index (χ1v) is 3.38. The highest BCUT2D eigenvalue weighted by Crippen LogP contribution is 2.13. The van der Waals surface area contributed by atoms with Crippen molar-refractivity contribution in [2.24, 2.45) is 12.0 Å². The zero-order valence-corrected chi connectivity index (χ0v) is 6.78. The summed E-state index contributed by atoms with van der Waals surface area (Å²) in [7, 11) is 1.91. The van der Waals surface area contributed by atoms with E-state index in [2.05, 4.69) is 16.6 Å². The molecule has 0 aliphatic heterocycles. The molecule has 0 saturated carbocycles. The molecule has 1 rings (SSSR count). The van der Waals surface area contributed by atoms with Crippen molar-refractivity contribution in [3.05, 3.63) is 24.7 Å². The van der Waals surface area contributed by atoms with Crippen molar-refractivity contribution in [1.29, 1.82) is 0 Å². The van der Waals surface area contributed by atoms with Crippen molar-refractivity contribution in [2.75, 3.05) is 0 Å². The summed E-state index contributed by atoms with van der Waals surface area (Å²) in [4.78, 5) is 8.23. The summed E-state index contributed by atoms with van der Waals surface area (Å²) >= 11 is 0. The number of aryl methyl sites for hydroxylation is 2. The topological polar surface area (TPSA) is 30.2 Å². The van der Waals surface area contributed by atoms with Crippen molar-refractivity contribution in [2.45, 2.75) is 6.92 Å². The van der Waals surface area contributed by atoms with Gasteiger partial charge in [-0.15, -0.1) is 0 Å². The molecule has 0 aliphatic carbocycles. The Morgan fingerprint density at radius 1 is 1.73 bits per heavy atom. The number of hydrogen-bond acceptors (Lipinski definition) is 2. The van der Waals surface area contributed by atoms with Gasteiger partial charge in [0.25, 0.3) is 0 Å². The molecule has 11 heavy (non-hydrogen) atoms. The molecule has 0 spiro atoms. The Kier molecular flexibility index (Phi) is 2.21. The van der Waals surface area contributed by atoms with Gasteiger partial charge in [-0.05, 0) is 6.92 Å². The number of imidazole rings is 1. The zero-order chi connectivity index (χ0) is 8.27. The number of rotatable bonds is 2. The van der Waals surface area contributed by atoms with Gasteiger partial charge in [-0.25, -0.2) is 9.98 Å². The second-order valence-electron chi connectivity index (χ2n) is 2.28. The van der Waals surface area contributed by atoms with Crippen LogP contribution < -0.4 is 0 Å². The molecule has 0 saturated heterocycles. The predicted octanol–water partition coefficient (Wildman–Crippen LogP) is 1.62. The van der Waals surface area contributed by atoms with Crippen molar-refractivity contribution in [3.63, 3.8) is 0 Å². The fraction of sp³-hybridized carbons (Fsp3) is 0.250. The largest absolute Gasteiger partial charge is 0.319 e. The molecule has 3 nitrogen and oxygen atoms in total. The highest BCUT2D eigenvalue weighted by atomic mass is 15.1. The lowest BCUT2D eigenvalue weighted by Gasteiger charge is -1.93. The Hall–Kier alpha value is -1.38. The average molecular weight is 149 g/mol. The van der Waals surface area contributed by atoms with E-state index in [1.54, 1.807) is 18.6 Å². The molecule has 0 bridgehead atoms. The minimum Gasteiger partial charge on any atom is -0.319 e. The van der Waals surface area contributed by atoms with Crippen LogP contribution in [0.5, 0.6) is 0 Å². The minimum atomic E-state index is 0.880. The quantitative estimate of drug-likeness (QED) is 0.587. The van der Waals surface area contributed by atoms with E-state index in [1.165, 1.54) is 0 Å². The van der Waals surface area contributed by atoms with Crippen LogP contribution in [0.3, 0.4) is 0 Å². The summed E-state index contributed by atoms with van der Waals surface area (Å²) in [5, 5.41) is 0. The maximum atomic E-state index is 4.14. The van der Waals surface area contributed by atoms with Crippen LogP contribution in [0, 0.1) is 6.92 Å². The SMILES string of the molecule is C=C/C=N\c1c(C)ncn1C. The molecule has 0 amide bonds. The predicted molar refractivity (Wildman–Crippen MR) is 46.3 cm³/mol. The first kappa shape index (κ1) is 7.72. The fourth-order valence-corrected chi connectivity index (χ4v) is 0.849. The number of nitrogens with zero attached hydrogens (tertiary/aromatic N) is 3. The molecule has 0 aromatic carbocycles. The molecule has 0 unspecified atom stereocenters. The summed E-state index contributed by atoms with van der Waals surface area (Å²) in [6, 6.07) is 0. The van der Waals surface area contributed by atoms with E-state index in [-0.39, 0.29) is 0 Å². The second kappa shape index (κ2) is 3.14. The maximum Gasteiger partial charge on any atom is 0.154 e. The Bertz CT molecular complexity index is 264. The van der Waals surface area contributed by atoms with Gasteiger partial charge < -0.3 is 4.57 Å². The molecule has 1 heterocycles. The third kappa shape index (κ3) is 1.55. The summed E-state index contributed by atoms with van der Waals surface area (Å²) in [6.45, 7) is 5.47. The molecule has 0 radical (unpaired) electrons. The zero-order valence-electron chi connectivity index (χ0n) is 6.78. The van der Waals surface area contributed by atoms with Crippen LogP contribution in [0.1, 0.15) is 5.69 Å². The van der Waals surface area contributed by atoms with E-state index in [1.807, 2.05) is 18.5 Å². The van der Waals surface area contributed by atoms with Gasteiger partial charge in [0.15, 0.2) is 5.82 Å². The molecular weight excluding hydrogens is 138 g/mol. The smallest absolute Gasteiger partial charge is 0.154 e. The first-order valence-electron chi connectivity index (χ1n) is 3.38. The van der Waals surface area contributed by atoms with Gasteiger partial charge in [0.2, 0.25) is 0 Å². The third-order valence-corrected chi connectivity index (χ3v) is 1.38. The van der Waals surface area contributed by atoms with Crippen LogP contribution in [0.2, 0.25) is 0 Å². The summed E-state index contributed by atoms with van der Waals surface area (Å²) in [6.07, 6.45) is 5.04. The van der Waals surface area contributed by atoms with E-state index in [9.17, 15) is 0 Å². The van der Waals surface area contributed by atoms with Crippen LogP contribution in [0.25, 0.3) is 0 Å². The van der Waals surface area contributed by atoms with Gasteiger partial charge >= 0.3 is 0 Å². The first-order chi connectivity index (χ1) is 5.25. The molecule has 0 N–H and O–H groups in total. The lowest BCUT2D eigenvalue weighted by molar-refractivity contribution is 0.912. The summed E-state index contributed by atoms with van der Waals surface area (Å²) < 4.78 is 1.87. The van der Waals surface area contributed by atoms with Gasteiger partial charge in [-0.1, -0.05) is 12.7 Å². The average Bonchev–Trinajstić information content (AvgIpc) is 2.29. The third-order valence-electron chi connectivity index (χ3n) is 1.38. The molecule has 1 aromatic rings. The van der Waals surface area contributed by atoms with Crippen LogP contribution in [-0.2, 0) is 7.05 Å². The lowest BCUT2D eigenvalue weighted by atomic mass is 10.5.